The highest BCUT2D eigenvalue weighted by Crippen LogP contribution is 2.16. The molecule has 2 N–H and O–H groups in total. The minimum atomic E-state index is 0.0897. The van der Waals surface area contributed by atoms with E-state index in [0.717, 1.165) is 17.9 Å². The largest absolute Gasteiger partial charge is 0.385 e. The van der Waals surface area contributed by atoms with E-state index in [1.165, 1.54) is 64.2 Å². The molecule has 1 aromatic rings. The van der Waals surface area contributed by atoms with E-state index in [1.54, 1.807) is 0 Å². The second kappa shape index (κ2) is 14.6. The van der Waals surface area contributed by atoms with Gasteiger partial charge >= 0.3 is 0 Å². The lowest BCUT2D eigenvalue weighted by Gasteiger charge is -2.10. The molecule has 0 aliphatic heterocycles. The Morgan fingerprint density at radius 3 is 2.08 bits per heavy atom. The second-order valence-corrected chi connectivity index (χ2v) is 7.84. The minimum Gasteiger partial charge on any atom is -0.385 e. The summed E-state index contributed by atoms with van der Waals surface area (Å²) < 4.78 is 0. The molecule has 0 radical (unpaired) electrons. The fourth-order valence-corrected chi connectivity index (χ4v) is 3.13. The summed E-state index contributed by atoms with van der Waals surface area (Å²) in [5.41, 5.74) is 1.96. The molecule has 0 heterocycles. The van der Waals surface area contributed by atoms with Gasteiger partial charge in [-0.1, -0.05) is 84.6 Å². The van der Waals surface area contributed by atoms with E-state index in [-0.39, 0.29) is 5.91 Å². The number of hydrogen-bond acceptors (Lipinski definition) is 2. The summed E-state index contributed by atoms with van der Waals surface area (Å²) in [7, 11) is 0. The number of nitrogens with one attached hydrogen (secondary N) is 2. The van der Waals surface area contributed by atoms with Gasteiger partial charge in [0.25, 0.3) is 0 Å². The molecule has 0 aliphatic rings. The van der Waals surface area contributed by atoms with Crippen LogP contribution < -0.4 is 10.6 Å². The van der Waals surface area contributed by atoms with Crippen molar-refractivity contribution in [1.29, 1.82) is 0 Å². The van der Waals surface area contributed by atoms with Crippen LogP contribution in [0, 0.1) is 5.92 Å². The highest BCUT2D eigenvalue weighted by molar-refractivity contribution is 5.91. The van der Waals surface area contributed by atoms with Crippen molar-refractivity contribution in [3.05, 3.63) is 24.3 Å². The first-order chi connectivity index (χ1) is 12.6. The Morgan fingerprint density at radius 2 is 1.46 bits per heavy atom. The summed E-state index contributed by atoms with van der Waals surface area (Å²) in [6.07, 6.45) is 14.2. The Labute approximate surface area is 161 Å². The van der Waals surface area contributed by atoms with Gasteiger partial charge in [0.05, 0.1) is 0 Å². The number of carbonyl (C=O) groups excluding carboxylic acids is 1. The van der Waals surface area contributed by atoms with Crippen LogP contribution in [0.3, 0.4) is 0 Å². The van der Waals surface area contributed by atoms with Gasteiger partial charge in [-0.05, 0) is 30.5 Å². The number of carbonyl (C=O) groups is 1. The van der Waals surface area contributed by atoms with E-state index in [0.29, 0.717) is 12.3 Å². The summed E-state index contributed by atoms with van der Waals surface area (Å²) in [5, 5.41) is 6.45. The number of amides is 1. The van der Waals surface area contributed by atoms with Crippen molar-refractivity contribution in [2.75, 3.05) is 17.2 Å². The Morgan fingerprint density at radius 1 is 0.885 bits per heavy atom. The smallest absolute Gasteiger partial charge is 0.224 e. The predicted molar refractivity (Wildman–Crippen MR) is 115 cm³/mol. The van der Waals surface area contributed by atoms with Crippen LogP contribution in [-0.4, -0.2) is 12.5 Å². The quantitative estimate of drug-likeness (QED) is 0.330. The molecule has 1 rings (SSSR count). The first-order valence-electron chi connectivity index (χ1n) is 10.8. The fourth-order valence-electron chi connectivity index (χ4n) is 3.13. The van der Waals surface area contributed by atoms with Crippen LogP contribution in [-0.2, 0) is 4.79 Å². The van der Waals surface area contributed by atoms with E-state index in [9.17, 15) is 4.79 Å². The van der Waals surface area contributed by atoms with Crippen LogP contribution in [0.2, 0.25) is 0 Å². The molecule has 0 fully saturated rings. The Balaban J connectivity index is 2.08. The van der Waals surface area contributed by atoms with Crippen molar-refractivity contribution in [1.82, 2.24) is 0 Å². The standard InChI is InChI=1S/C23H40N2O/c1-4-5-6-7-8-9-10-11-12-13-17-24-21-15-14-16-22(19-21)25-23(26)18-20(2)3/h14-16,19-20,24H,4-13,17-18H2,1-3H3,(H,25,26). The monoisotopic (exact) mass is 360 g/mol. The van der Waals surface area contributed by atoms with E-state index >= 15 is 0 Å². The number of rotatable bonds is 15. The zero-order valence-electron chi connectivity index (χ0n) is 17.3. The average molecular weight is 361 g/mol. The van der Waals surface area contributed by atoms with Crippen LogP contribution in [0.25, 0.3) is 0 Å². The molecule has 1 aromatic carbocycles. The van der Waals surface area contributed by atoms with Crippen molar-refractivity contribution < 1.29 is 4.79 Å². The van der Waals surface area contributed by atoms with Crippen molar-refractivity contribution in [2.45, 2.75) is 91.4 Å². The SMILES string of the molecule is CCCCCCCCCCCCNc1cccc(NC(=O)CC(C)C)c1. The lowest BCUT2D eigenvalue weighted by Crippen LogP contribution is -2.14. The number of unbranched alkanes of at least 4 members (excludes halogenated alkanes) is 9. The van der Waals surface area contributed by atoms with Gasteiger partial charge in [0.1, 0.15) is 0 Å². The third-order valence-corrected chi connectivity index (χ3v) is 4.60. The average Bonchev–Trinajstić information content (AvgIpc) is 2.59. The number of anilines is 2. The summed E-state index contributed by atoms with van der Waals surface area (Å²) >= 11 is 0. The molecule has 0 atom stereocenters. The van der Waals surface area contributed by atoms with Gasteiger partial charge in [0, 0.05) is 24.3 Å². The van der Waals surface area contributed by atoms with E-state index in [1.807, 2.05) is 18.2 Å². The van der Waals surface area contributed by atoms with Crippen LogP contribution in [0.4, 0.5) is 11.4 Å². The second-order valence-electron chi connectivity index (χ2n) is 7.84. The highest BCUT2D eigenvalue weighted by Gasteiger charge is 2.05. The molecule has 26 heavy (non-hydrogen) atoms. The third-order valence-electron chi connectivity index (χ3n) is 4.60. The summed E-state index contributed by atoms with van der Waals surface area (Å²) in [5.74, 6) is 0.472. The van der Waals surface area contributed by atoms with Gasteiger partial charge in [0.15, 0.2) is 0 Å². The van der Waals surface area contributed by atoms with Gasteiger partial charge in [-0.15, -0.1) is 0 Å². The normalized spacial score (nSPS) is 10.9. The molecule has 0 saturated carbocycles. The molecule has 3 nitrogen and oxygen atoms in total. The molecule has 3 heteroatoms. The summed E-state index contributed by atoms with van der Waals surface area (Å²) in [6.45, 7) is 7.39. The van der Waals surface area contributed by atoms with E-state index in [4.69, 9.17) is 0 Å². The molecule has 148 valence electrons. The molecule has 0 saturated heterocycles. The Hall–Kier alpha value is -1.51. The highest BCUT2D eigenvalue weighted by atomic mass is 16.1. The maximum Gasteiger partial charge on any atom is 0.224 e. The topological polar surface area (TPSA) is 41.1 Å². The first kappa shape index (κ1) is 22.5. The lowest BCUT2D eigenvalue weighted by molar-refractivity contribution is -0.116. The van der Waals surface area contributed by atoms with E-state index < -0.39 is 0 Å². The molecule has 0 spiro atoms. The summed E-state index contributed by atoms with van der Waals surface area (Å²) in [4.78, 5) is 11.9. The van der Waals surface area contributed by atoms with Crippen molar-refractivity contribution in [2.24, 2.45) is 5.92 Å². The lowest BCUT2D eigenvalue weighted by atomic mass is 10.1. The third kappa shape index (κ3) is 11.9. The van der Waals surface area contributed by atoms with Crippen LogP contribution in [0.1, 0.15) is 91.4 Å². The maximum absolute atomic E-state index is 11.9. The molecule has 0 aliphatic carbocycles. The molecule has 0 aromatic heterocycles. The molecule has 0 unspecified atom stereocenters. The van der Waals surface area contributed by atoms with Gasteiger partial charge in [-0.2, -0.15) is 0 Å². The molecular formula is C23H40N2O. The first-order valence-corrected chi connectivity index (χ1v) is 10.8. The van der Waals surface area contributed by atoms with Crippen molar-refractivity contribution in [3.8, 4) is 0 Å². The van der Waals surface area contributed by atoms with E-state index in [2.05, 4.69) is 37.5 Å². The van der Waals surface area contributed by atoms with Gasteiger partial charge in [-0.3, -0.25) is 4.79 Å². The van der Waals surface area contributed by atoms with Crippen LogP contribution in [0.5, 0.6) is 0 Å². The summed E-state index contributed by atoms with van der Waals surface area (Å²) in [6, 6.07) is 8.03. The molecule has 0 bridgehead atoms. The molecular weight excluding hydrogens is 320 g/mol. The van der Waals surface area contributed by atoms with Crippen molar-refractivity contribution in [3.63, 3.8) is 0 Å². The van der Waals surface area contributed by atoms with Gasteiger partial charge in [0.2, 0.25) is 5.91 Å². The molecule has 1 amide bonds. The fraction of sp³-hybridized carbons (Fsp3) is 0.696. The van der Waals surface area contributed by atoms with Crippen molar-refractivity contribution >= 4 is 17.3 Å². The van der Waals surface area contributed by atoms with Crippen LogP contribution in [0.15, 0.2) is 24.3 Å². The van der Waals surface area contributed by atoms with Gasteiger partial charge in [-0.25, -0.2) is 0 Å². The Bertz CT molecular complexity index is 485. The zero-order chi connectivity index (χ0) is 19.0. The Kier molecular flexibility index (Phi) is 12.7. The van der Waals surface area contributed by atoms with Gasteiger partial charge < -0.3 is 10.6 Å². The zero-order valence-corrected chi connectivity index (χ0v) is 17.3. The number of hydrogen-bond donors (Lipinski definition) is 2. The van der Waals surface area contributed by atoms with Crippen LogP contribution >= 0.6 is 0 Å². The number of benzene rings is 1. The minimum absolute atomic E-state index is 0.0897. The maximum atomic E-state index is 11.9. The predicted octanol–water partition coefficient (Wildman–Crippen LogP) is 7.00.